The van der Waals surface area contributed by atoms with E-state index in [2.05, 4.69) is 0 Å². The minimum Gasteiger partial charge on any atom is -0.463 e. The fourth-order valence-corrected chi connectivity index (χ4v) is 0. The molecule has 4 nitrogen and oxygen atoms in total. The third kappa shape index (κ3) is 3.23. The van der Waals surface area contributed by atoms with Crippen LogP contribution in [0.1, 0.15) is 0 Å². The van der Waals surface area contributed by atoms with Gasteiger partial charge in [0.05, 0.1) is 0 Å². The summed E-state index contributed by atoms with van der Waals surface area (Å²) in [7, 11) is 0. The molecule has 29 valence electrons. The van der Waals surface area contributed by atoms with Crippen LogP contribution in [0.4, 0.5) is 4.79 Å². The van der Waals surface area contributed by atoms with Crippen LogP contribution >= 0.6 is 0 Å². The molecule has 0 aromatic heterocycles. The summed E-state index contributed by atoms with van der Waals surface area (Å²) in [5.74, 6) is 0. The topological polar surface area (TPSA) is 69.2 Å². The van der Waals surface area contributed by atoms with E-state index >= 15 is 0 Å². The molecule has 1 radical (unpaired) electrons. The summed E-state index contributed by atoms with van der Waals surface area (Å²) in [6.45, 7) is 0. The van der Waals surface area contributed by atoms with Crippen LogP contribution in [-0.4, -0.2) is 11.2 Å². The first-order valence-corrected chi connectivity index (χ1v) is 0.882. The van der Waals surface area contributed by atoms with Gasteiger partial charge in [-0.2, -0.15) is 5.48 Å². The zero-order valence-corrected chi connectivity index (χ0v) is 2.26. The van der Waals surface area contributed by atoms with Gasteiger partial charge in [-0.15, -0.1) is 0 Å². The summed E-state index contributed by atoms with van der Waals surface area (Å²) in [4.78, 5) is 8.94. The van der Waals surface area contributed by atoms with Crippen LogP contribution in [0.2, 0.25) is 0 Å². The van der Waals surface area contributed by atoms with Crippen molar-refractivity contribution in [1.29, 1.82) is 0 Å². The van der Waals surface area contributed by atoms with E-state index in [9.17, 15) is 0 Å². The second-order valence-corrected chi connectivity index (χ2v) is 0.407. The van der Waals surface area contributed by atoms with Crippen molar-refractivity contribution in [3.05, 3.63) is 0 Å². The minimum absolute atomic E-state index is 0.694. The molecule has 0 heterocycles. The molecule has 0 aliphatic rings. The maximum absolute atomic E-state index is 8.94. The summed E-state index contributed by atoms with van der Waals surface area (Å²) in [5.41, 5.74) is 0.694. The first-order chi connectivity index (χ1) is 2.27. The number of nitrogens with one attached hydrogen (secondary N) is 1. The van der Waals surface area contributed by atoms with E-state index in [0.29, 0.717) is 5.48 Å². The number of amides is 1. The molecule has 0 saturated carbocycles. The lowest BCUT2D eigenvalue weighted by Gasteiger charge is -1.73. The van der Waals surface area contributed by atoms with E-state index in [1.54, 1.807) is 0 Å². The number of carboxylic acid groups (broad SMARTS) is 1. The van der Waals surface area contributed by atoms with Crippen molar-refractivity contribution in [2.24, 2.45) is 0 Å². The van der Waals surface area contributed by atoms with Crippen LogP contribution in [0, 0.1) is 0 Å². The predicted octanol–water partition coefficient (Wildman–Crippen LogP) is -0.400. The van der Waals surface area contributed by atoms with E-state index in [1.807, 2.05) is 0 Å². The Hall–Kier alpha value is -0.770. The molecule has 0 aromatic rings. The molecule has 0 atom stereocenters. The molecule has 2 N–H and O–H groups in total. The van der Waals surface area contributed by atoms with Gasteiger partial charge < -0.3 is 5.11 Å². The number of rotatable bonds is 0. The van der Waals surface area contributed by atoms with E-state index in [-0.39, 0.29) is 0 Å². The first-order valence-electron chi connectivity index (χ1n) is 0.882. The molecule has 0 unspecified atom stereocenters. The van der Waals surface area contributed by atoms with Gasteiger partial charge in [-0.25, -0.2) is 4.79 Å². The fraction of sp³-hybridized carbons (Fsp3) is 0. The largest absolute Gasteiger partial charge is 0.463 e. The van der Waals surface area contributed by atoms with E-state index in [1.165, 1.54) is 0 Å². The van der Waals surface area contributed by atoms with Gasteiger partial charge in [0.15, 0.2) is 0 Å². The monoisotopic (exact) mass is 76.0 g/mol. The van der Waals surface area contributed by atoms with Gasteiger partial charge in [0.2, 0.25) is 0 Å². The average molecular weight is 76.0 g/mol. The third-order valence-electron chi connectivity index (χ3n) is 0.0873. The number of hydrogen-bond acceptors (Lipinski definition) is 1. The summed E-state index contributed by atoms with van der Waals surface area (Å²) in [6, 6.07) is 0. The molecule has 0 spiro atoms. The number of carbonyl (C=O) groups is 1. The molecular formula is CH2NO3. The molecule has 0 bridgehead atoms. The van der Waals surface area contributed by atoms with Gasteiger partial charge in [0.25, 0.3) is 0 Å². The Labute approximate surface area is 28.0 Å². The molecule has 5 heavy (non-hydrogen) atoms. The average Bonchev–Trinajstić information content (AvgIpc) is 1.38. The van der Waals surface area contributed by atoms with E-state index in [0.717, 1.165) is 0 Å². The Balaban J connectivity index is 2.85. The van der Waals surface area contributed by atoms with Gasteiger partial charge in [0.1, 0.15) is 0 Å². The summed E-state index contributed by atoms with van der Waals surface area (Å²) in [6.07, 6.45) is -1.55. The Kier molecular flexibility index (Phi) is 1.30. The highest BCUT2D eigenvalue weighted by Gasteiger charge is 1.81. The molecule has 0 aliphatic heterocycles. The lowest BCUT2D eigenvalue weighted by molar-refractivity contribution is 0.0686. The normalized spacial score (nSPS) is 6.60. The third-order valence-corrected chi connectivity index (χ3v) is 0.0873. The van der Waals surface area contributed by atoms with Crippen molar-refractivity contribution in [2.75, 3.05) is 0 Å². The second-order valence-electron chi connectivity index (χ2n) is 0.407. The van der Waals surface area contributed by atoms with Crippen LogP contribution in [0.15, 0.2) is 0 Å². The highest BCUT2D eigenvalue weighted by Crippen LogP contribution is 1.46. The highest BCUT2D eigenvalue weighted by molar-refractivity contribution is 5.62. The SMILES string of the molecule is [O]NC(=O)O. The molecule has 1 amide bonds. The molecule has 0 aromatic carbocycles. The molecule has 4 heteroatoms. The first kappa shape index (κ1) is 4.23. The van der Waals surface area contributed by atoms with Gasteiger partial charge in [0, 0.05) is 0 Å². The molecule has 0 saturated heterocycles. The van der Waals surface area contributed by atoms with Crippen molar-refractivity contribution >= 4 is 6.09 Å². The van der Waals surface area contributed by atoms with Gasteiger partial charge >= 0.3 is 6.09 Å². The predicted molar refractivity (Wildman–Crippen MR) is 11.8 cm³/mol. The molecular weight excluding hydrogens is 74.0 g/mol. The Bertz CT molecular complexity index is 42.2. The van der Waals surface area contributed by atoms with E-state index < -0.39 is 6.09 Å². The Morgan fingerprint density at radius 2 is 2.00 bits per heavy atom. The molecule has 0 rings (SSSR count). The Morgan fingerprint density at radius 3 is 2.00 bits per heavy atom. The van der Waals surface area contributed by atoms with Crippen molar-refractivity contribution < 1.29 is 15.1 Å². The number of hydrogen-bond donors (Lipinski definition) is 2. The minimum atomic E-state index is -1.55. The zero-order chi connectivity index (χ0) is 4.28. The fourth-order valence-electron chi connectivity index (χ4n) is 0. The van der Waals surface area contributed by atoms with Crippen molar-refractivity contribution in [3.63, 3.8) is 0 Å². The maximum atomic E-state index is 8.94. The van der Waals surface area contributed by atoms with Gasteiger partial charge in [-0.05, 0) is 0 Å². The van der Waals surface area contributed by atoms with Crippen molar-refractivity contribution in [3.8, 4) is 0 Å². The zero-order valence-electron chi connectivity index (χ0n) is 2.26. The van der Waals surface area contributed by atoms with Crippen LogP contribution in [-0.2, 0) is 5.21 Å². The molecule has 0 fully saturated rings. The quantitative estimate of drug-likeness (QED) is 0.385. The molecule has 0 aliphatic carbocycles. The van der Waals surface area contributed by atoms with E-state index in [4.69, 9.17) is 15.1 Å². The summed E-state index contributed by atoms with van der Waals surface area (Å²) >= 11 is 0. The smallest absolute Gasteiger partial charge is 0.431 e. The number of hydroxylamine groups is 1. The second kappa shape index (κ2) is 1.54. The standard InChI is InChI=1S/CH2NO3/c3-1(4)2-5/h2H,(H,3,4). The van der Waals surface area contributed by atoms with Crippen LogP contribution in [0.5, 0.6) is 0 Å². The van der Waals surface area contributed by atoms with Crippen LogP contribution in [0.3, 0.4) is 0 Å². The van der Waals surface area contributed by atoms with Crippen molar-refractivity contribution in [1.82, 2.24) is 5.48 Å². The van der Waals surface area contributed by atoms with Crippen molar-refractivity contribution in [2.45, 2.75) is 0 Å². The lowest BCUT2D eigenvalue weighted by atomic mass is 11.3. The van der Waals surface area contributed by atoms with Crippen LogP contribution < -0.4 is 5.48 Å². The maximum Gasteiger partial charge on any atom is 0.431 e. The summed E-state index contributed by atoms with van der Waals surface area (Å²) < 4.78 is 0. The van der Waals surface area contributed by atoms with Gasteiger partial charge in [-0.1, -0.05) is 5.21 Å². The summed E-state index contributed by atoms with van der Waals surface area (Å²) in [5, 5.41) is 16.1. The van der Waals surface area contributed by atoms with Gasteiger partial charge in [-0.3, -0.25) is 0 Å². The lowest BCUT2D eigenvalue weighted by Crippen LogP contribution is -2.12. The Morgan fingerprint density at radius 1 is 1.80 bits per heavy atom. The van der Waals surface area contributed by atoms with Crippen LogP contribution in [0.25, 0.3) is 0 Å². The highest BCUT2D eigenvalue weighted by atomic mass is 16.5.